The fourth-order valence-corrected chi connectivity index (χ4v) is 3.58. The van der Waals surface area contributed by atoms with Crippen molar-refractivity contribution < 1.29 is 0 Å². The van der Waals surface area contributed by atoms with Crippen molar-refractivity contribution in [1.29, 1.82) is 0 Å². The molecule has 0 aromatic heterocycles. The van der Waals surface area contributed by atoms with Crippen LogP contribution in [0.25, 0.3) is 0 Å². The lowest BCUT2D eigenvalue weighted by molar-refractivity contribution is 0.219. The molecule has 0 bridgehead atoms. The highest BCUT2D eigenvalue weighted by atomic mass is 79.9. The molecule has 0 radical (unpaired) electrons. The minimum atomic E-state index is 0.805. The summed E-state index contributed by atoms with van der Waals surface area (Å²) in [4.78, 5) is 2.71. The molecular weight excluding hydrogens is 270 g/mol. The lowest BCUT2D eigenvalue weighted by atomic mass is 10.1. The number of likely N-dealkylation sites (tertiary alicyclic amines) is 1. The summed E-state index contributed by atoms with van der Waals surface area (Å²) in [6.45, 7) is 4.88. The first kappa shape index (κ1) is 13.9. The quantitative estimate of drug-likeness (QED) is 0.542. The van der Waals surface area contributed by atoms with Gasteiger partial charge in [0.2, 0.25) is 0 Å². The Bertz CT molecular complexity index is 155. The predicted octanol–water partition coefficient (Wildman–Crippen LogP) is 3.77. The first-order valence-corrected chi connectivity index (χ1v) is 8.54. The molecule has 0 spiro atoms. The molecule has 3 heteroatoms. The van der Waals surface area contributed by atoms with Crippen molar-refractivity contribution in [1.82, 2.24) is 4.90 Å². The van der Waals surface area contributed by atoms with E-state index in [4.69, 9.17) is 0 Å². The third-order valence-corrected chi connectivity index (χ3v) is 4.85. The fraction of sp³-hybridized carbons (Fsp3) is 1.00. The summed E-state index contributed by atoms with van der Waals surface area (Å²) in [5.41, 5.74) is 0. The van der Waals surface area contributed by atoms with Crippen LogP contribution in [0.3, 0.4) is 0 Å². The number of hydrogen-bond acceptors (Lipinski definition) is 2. The summed E-state index contributed by atoms with van der Waals surface area (Å²) >= 11 is 5.73. The van der Waals surface area contributed by atoms with Gasteiger partial charge < -0.3 is 0 Å². The maximum Gasteiger partial charge on any atom is 0.0192 e. The van der Waals surface area contributed by atoms with E-state index < -0.39 is 0 Å². The van der Waals surface area contributed by atoms with Gasteiger partial charge in [-0.05, 0) is 43.9 Å². The number of rotatable bonds is 6. The average molecular weight is 294 g/mol. The van der Waals surface area contributed by atoms with E-state index in [9.17, 15) is 0 Å². The Morgan fingerprint density at radius 1 is 1.33 bits per heavy atom. The maximum absolute atomic E-state index is 3.66. The largest absolute Gasteiger partial charge is 0.300 e. The molecule has 0 aliphatic carbocycles. The number of nitrogens with zero attached hydrogens (tertiary/aromatic N) is 1. The van der Waals surface area contributed by atoms with Gasteiger partial charge in [-0.15, -0.1) is 0 Å². The molecule has 90 valence electrons. The van der Waals surface area contributed by atoms with Crippen molar-refractivity contribution in [3.05, 3.63) is 0 Å². The van der Waals surface area contributed by atoms with E-state index in [0.717, 1.165) is 11.4 Å². The van der Waals surface area contributed by atoms with Crippen LogP contribution in [0.2, 0.25) is 0 Å². The van der Waals surface area contributed by atoms with Crippen molar-refractivity contribution in [2.75, 3.05) is 29.9 Å². The summed E-state index contributed by atoms with van der Waals surface area (Å²) in [6.07, 6.45) is 7.03. The van der Waals surface area contributed by atoms with E-state index in [1.807, 2.05) is 0 Å². The molecule has 15 heavy (non-hydrogen) atoms. The summed E-state index contributed by atoms with van der Waals surface area (Å²) in [6, 6.07) is 0.805. The summed E-state index contributed by atoms with van der Waals surface area (Å²) in [5.74, 6) is 2.60. The Balaban J connectivity index is 2.22. The molecule has 0 saturated carbocycles. The van der Waals surface area contributed by atoms with Gasteiger partial charge in [-0.3, -0.25) is 4.90 Å². The summed E-state index contributed by atoms with van der Waals surface area (Å²) in [7, 11) is 0. The van der Waals surface area contributed by atoms with Crippen LogP contribution in [-0.2, 0) is 0 Å². The molecule has 1 fully saturated rings. The minimum Gasteiger partial charge on any atom is -0.300 e. The molecule has 0 amide bonds. The predicted molar refractivity (Wildman–Crippen MR) is 75.2 cm³/mol. The monoisotopic (exact) mass is 293 g/mol. The van der Waals surface area contributed by atoms with Crippen molar-refractivity contribution in [3.8, 4) is 0 Å². The van der Waals surface area contributed by atoms with Gasteiger partial charge in [0.1, 0.15) is 0 Å². The minimum absolute atomic E-state index is 0.805. The van der Waals surface area contributed by atoms with Gasteiger partial charge in [-0.1, -0.05) is 35.7 Å². The second-order valence-corrected chi connectivity index (χ2v) is 6.29. The number of thioether (sulfide) groups is 1. The van der Waals surface area contributed by atoms with Crippen LogP contribution in [0, 0.1) is 0 Å². The smallest absolute Gasteiger partial charge is 0.0192 e. The number of alkyl halides is 1. The zero-order valence-corrected chi connectivity index (χ0v) is 12.3. The van der Waals surface area contributed by atoms with E-state index in [-0.39, 0.29) is 0 Å². The normalized spacial score (nSPS) is 24.0. The molecule has 1 nitrogen and oxygen atoms in total. The zero-order chi connectivity index (χ0) is 10.9. The number of halogens is 1. The van der Waals surface area contributed by atoms with Crippen molar-refractivity contribution >= 4 is 27.7 Å². The molecule has 0 N–H and O–H groups in total. The van der Waals surface area contributed by atoms with E-state index in [1.54, 1.807) is 0 Å². The molecule has 1 aliphatic heterocycles. The van der Waals surface area contributed by atoms with Gasteiger partial charge in [0.25, 0.3) is 0 Å². The Morgan fingerprint density at radius 3 is 2.93 bits per heavy atom. The second kappa shape index (κ2) is 8.89. The molecule has 1 atom stereocenters. The Kier molecular flexibility index (Phi) is 8.21. The van der Waals surface area contributed by atoms with E-state index >= 15 is 0 Å². The summed E-state index contributed by atoms with van der Waals surface area (Å²) in [5, 5.41) is 1.16. The molecule has 1 aliphatic rings. The maximum atomic E-state index is 3.66. The van der Waals surface area contributed by atoms with Gasteiger partial charge in [0.15, 0.2) is 0 Å². The number of hydrogen-bond donors (Lipinski definition) is 0. The highest BCUT2D eigenvalue weighted by Gasteiger charge is 2.18. The molecule has 1 heterocycles. The van der Waals surface area contributed by atoms with Crippen molar-refractivity contribution in [3.63, 3.8) is 0 Å². The lowest BCUT2D eigenvalue weighted by Gasteiger charge is -2.28. The molecular formula is C12H24BrNS. The molecule has 1 rings (SSSR count). The van der Waals surface area contributed by atoms with Crippen molar-refractivity contribution in [2.45, 2.75) is 45.1 Å². The van der Waals surface area contributed by atoms with Gasteiger partial charge in [-0.2, -0.15) is 11.8 Å². The molecule has 0 aromatic rings. The van der Waals surface area contributed by atoms with E-state index in [2.05, 4.69) is 39.5 Å². The second-order valence-electron chi connectivity index (χ2n) is 4.24. The lowest BCUT2D eigenvalue weighted by Crippen LogP contribution is -2.37. The van der Waals surface area contributed by atoms with Crippen LogP contribution in [0.4, 0.5) is 0 Å². The zero-order valence-electron chi connectivity index (χ0n) is 9.88. The van der Waals surface area contributed by atoms with E-state index in [1.165, 1.54) is 56.7 Å². The standard InChI is InChI=1S/C12H24BrNS/c1-2-15-10-6-9-14-8-5-3-4-7-12(14)11-13/h12H,2-11H2,1H3. The highest BCUT2D eigenvalue weighted by Crippen LogP contribution is 2.18. The van der Waals surface area contributed by atoms with Crippen LogP contribution < -0.4 is 0 Å². The Labute approximate surface area is 107 Å². The first-order valence-electron chi connectivity index (χ1n) is 6.26. The average Bonchev–Trinajstić information content (AvgIpc) is 2.49. The third-order valence-electron chi connectivity index (χ3n) is 3.12. The third kappa shape index (κ3) is 5.60. The van der Waals surface area contributed by atoms with Crippen molar-refractivity contribution in [2.24, 2.45) is 0 Å². The Morgan fingerprint density at radius 2 is 2.20 bits per heavy atom. The molecule has 1 saturated heterocycles. The SMILES string of the molecule is CCSCCCN1CCCCCC1CBr. The fourth-order valence-electron chi connectivity index (χ4n) is 2.22. The van der Waals surface area contributed by atoms with Gasteiger partial charge in [-0.25, -0.2) is 0 Å². The highest BCUT2D eigenvalue weighted by molar-refractivity contribution is 9.09. The molecule has 1 unspecified atom stereocenters. The topological polar surface area (TPSA) is 3.24 Å². The summed E-state index contributed by atoms with van der Waals surface area (Å²) < 4.78 is 0. The Hall–Kier alpha value is 0.790. The van der Waals surface area contributed by atoms with Gasteiger partial charge in [0.05, 0.1) is 0 Å². The van der Waals surface area contributed by atoms with E-state index in [0.29, 0.717) is 0 Å². The van der Waals surface area contributed by atoms with Gasteiger partial charge >= 0.3 is 0 Å². The van der Waals surface area contributed by atoms with Crippen LogP contribution in [0.15, 0.2) is 0 Å². The van der Waals surface area contributed by atoms with Crippen LogP contribution >= 0.6 is 27.7 Å². The van der Waals surface area contributed by atoms with Crippen LogP contribution in [0.5, 0.6) is 0 Å². The van der Waals surface area contributed by atoms with Crippen LogP contribution in [-0.4, -0.2) is 40.9 Å². The molecule has 0 aromatic carbocycles. The van der Waals surface area contributed by atoms with Crippen LogP contribution in [0.1, 0.15) is 39.0 Å². The van der Waals surface area contributed by atoms with Gasteiger partial charge in [0, 0.05) is 11.4 Å². The first-order chi connectivity index (χ1) is 7.38.